The first-order chi connectivity index (χ1) is 10.1. The van der Waals surface area contributed by atoms with Crippen molar-refractivity contribution in [3.8, 4) is 0 Å². The van der Waals surface area contributed by atoms with E-state index in [-0.39, 0.29) is 6.61 Å². The SMILES string of the molecule is O=C(NC(CCC1CCC1)C(=O)O)OCc1ccccc1. The summed E-state index contributed by atoms with van der Waals surface area (Å²) in [6.07, 6.45) is 4.20. The summed E-state index contributed by atoms with van der Waals surface area (Å²) in [5.41, 5.74) is 0.869. The smallest absolute Gasteiger partial charge is 0.408 e. The molecule has 114 valence electrons. The lowest BCUT2D eigenvalue weighted by atomic mass is 9.81. The van der Waals surface area contributed by atoms with Gasteiger partial charge in [0.15, 0.2) is 0 Å². The predicted octanol–water partition coefficient (Wildman–Crippen LogP) is 2.95. The van der Waals surface area contributed by atoms with Crippen LogP contribution in [0.1, 0.15) is 37.7 Å². The van der Waals surface area contributed by atoms with E-state index in [1.807, 2.05) is 30.3 Å². The number of aliphatic carboxylic acids is 1. The van der Waals surface area contributed by atoms with Gasteiger partial charge in [-0.25, -0.2) is 9.59 Å². The fraction of sp³-hybridized carbons (Fsp3) is 0.500. The van der Waals surface area contributed by atoms with Gasteiger partial charge < -0.3 is 15.2 Å². The molecule has 1 atom stereocenters. The van der Waals surface area contributed by atoms with Gasteiger partial charge >= 0.3 is 12.1 Å². The number of nitrogens with one attached hydrogen (secondary N) is 1. The minimum absolute atomic E-state index is 0.141. The third-order valence-corrected chi connectivity index (χ3v) is 3.89. The van der Waals surface area contributed by atoms with E-state index >= 15 is 0 Å². The van der Waals surface area contributed by atoms with E-state index < -0.39 is 18.1 Å². The average molecular weight is 291 g/mol. The summed E-state index contributed by atoms with van der Waals surface area (Å²) in [4.78, 5) is 22.8. The van der Waals surface area contributed by atoms with E-state index in [1.165, 1.54) is 19.3 Å². The molecule has 0 aromatic heterocycles. The maximum Gasteiger partial charge on any atom is 0.408 e. The van der Waals surface area contributed by atoms with E-state index in [4.69, 9.17) is 9.84 Å². The van der Waals surface area contributed by atoms with Crippen LogP contribution in [-0.4, -0.2) is 23.2 Å². The quantitative estimate of drug-likeness (QED) is 0.810. The number of alkyl carbamates (subject to hydrolysis) is 1. The number of hydrogen-bond acceptors (Lipinski definition) is 3. The van der Waals surface area contributed by atoms with E-state index in [9.17, 15) is 9.59 Å². The zero-order chi connectivity index (χ0) is 15.1. The molecule has 21 heavy (non-hydrogen) atoms. The van der Waals surface area contributed by atoms with Crippen molar-refractivity contribution in [3.05, 3.63) is 35.9 Å². The van der Waals surface area contributed by atoms with Gasteiger partial charge in [-0.1, -0.05) is 49.6 Å². The summed E-state index contributed by atoms with van der Waals surface area (Å²) in [6.45, 7) is 0.141. The van der Waals surface area contributed by atoms with E-state index in [1.54, 1.807) is 0 Å². The van der Waals surface area contributed by atoms with Gasteiger partial charge in [-0.2, -0.15) is 0 Å². The highest BCUT2D eigenvalue weighted by atomic mass is 16.5. The number of hydrogen-bond donors (Lipinski definition) is 2. The first-order valence-electron chi connectivity index (χ1n) is 7.35. The Morgan fingerprint density at radius 2 is 2.00 bits per heavy atom. The van der Waals surface area contributed by atoms with Crippen molar-refractivity contribution in [3.63, 3.8) is 0 Å². The second-order valence-corrected chi connectivity index (χ2v) is 5.47. The molecule has 1 fully saturated rings. The van der Waals surface area contributed by atoms with Crippen LogP contribution < -0.4 is 5.32 Å². The molecule has 1 aliphatic carbocycles. The molecule has 0 aliphatic heterocycles. The maximum atomic E-state index is 11.7. The summed E-state index contributed by atoms with van der Waals surface area (Å²) in [5.74, 6) is -0.389. The van der Waals surface area contributed by atoms with Gasteiger partial charge in [-0.3, -0.25) is 0 Å². The number of rotatable bonds is 7. The zero-order valence-electron chi connectivity index (χ0n) is 12.0. The highest BCUT2D eigenvalue weighted by Crippen LogP contribution is 2.30. The van der Waals surface area contributed by atoms with Crippen LogP contribution in [0.25, 0.3) is 0 Å². The van der Waals surface area contributed by atoms with Gasteiger partial charge in [-0.15, -0.1) is 0 Å². The molecule has 5 nitrogen and oxygen atoms in total. The highest BCUT2D eigenvalue weighted by Gasteiger charge is 2.24. The number of carbonyl (C=O) groups is 2. The summed E-state index contributed by atoms with van der Waals surface area (Å²) in [5, 5.41) is 11.6. The van der Waals surface area contributed by atoms with Gasteiger partial charge in [-0.05, 0) is 24.3 Å². The van der Waals surface area contributed by atoms with Gasteiger partial charge in [0.1, 0.15) is 12.6 Å². The predicted molar refractivity (Wildman–Crippen MR) is 77.8 cm³/mol. The fourth-order valence-corrected chi connectivity index (χ4v) is 2.35. The molecule has 0 saturated heterocycles. The Hall–Kier alpha value is -2.04. The monoisotopic (exact) mass is 291 g/mol. The number of ether oxygens (including phenoxy) is 1. The minimum atomic E-state index is -1.01. The largest absolute Gasteiger partial charge is 0.480 e. The van der Waals surface area contributed by atoms with Crippen LogP contribution in [0, 0.1) is 5.92 Å². The maximum absolute atomic E-state index is 11.7. The molecule has 1 amide bonds. The molecular formula is C16H21NO4. The van der Waals surface area contributed by atoms with Crippen molar-refractivity contribution in [1.29, 1.82) is 0 Å². The van der Waals surface area contributed by atoms with E-state index in [2.05, 4.69) is 5.32 Å². The first-order valence-corrected chi connectivity index (χ1v) is 7.35. The lowest BCUT2D eigenvalue weighted by Gasteiger charge is -2.26. The van der Waals surface area contributed by atoms with Crippen molar-refractivity contribution < 1.29 is 19.4 Å². The third-order valence-electron chi connectivity index (χ3n) is 3.89. The van der Waals surface area contributed by atoms with Crippen molar-refractivity contribution in [2.24, 2.45) is 5.92 Å². The standard InChI is InChI=1S/C16H21NO4/c18-15(19)14(10-9-12-7-4-8-12)17-16(20)21-11-13-5-2-1-3-6-13/h1-3,5-6,12,14H,4,7-11H2,(H,17,20)(H,18,19). The molecule has 1 unspecified atom stereocenters. The zero-order valence-corrected chi connectivity index (χ0v) is 12.0. The minimum Gasteiger partial charge on any atom is -0.480 e. The molecule has 1 saturated carbocycles. The number of carboxylic acid groups (broad SMARTS) is 1. The van der Waals surface area contributed by atoms with Crippen LogP contribution in [0.2, 0.25) is 0 Å². The molecule has 1 aromatic carbocycles. The lowest BCUT2D eigenvalue weighted by Crippen LogP contribution is -2.41. The Bertz CT molecular complexity index is 470. The Balaban J connectivity index is 1.73. The first kappa shape index (κ1) is 15.4. The van der Waals surface area contributed by atoms with Gasteiger partial charge in [0.05, 0.1) is 0 Å². The molecule has 0 bridgehead atoms. The number of amides is 1. The molecule has 1 aromatic rings. The van der Waals surface area contributed by atoms with Crippen LogP contribution in [-0.2, 0) is 16.1 Å². The second kappa shape index (κ2) is 7.67. The molecular weight excluding hydrogens is 270 g/mol. The highest BCUT2D eigenvalue weighted by molar-refractivity contribution is 5.79. The molecule has 1 aliphatic rings. The Morgan fingerprint density at radius 3 is 2.57 bits per heavy atom. The lowest BCUT2D eigenvalue weighted by molar-refractivity contribution is -0.139. The van der Waals surface area contributed by atoms with Gasteiger partial charge in [0.25, 0.3) is 0 Å². The summed E-state index contributed by atoms with van der Waals surface area (Å²) in [7, 11) is 0. The van der Waals surface area contributed by atoms with Crippen molar-refractivity contribution in [1.82, 2.24) is 5.32 Å². The van der Waals surface area contributed by atoms with E-state index in [0.717, 1.165) is 12.0 Å². The second-order valence-electron chi connectivity index (χ2n) is 5.47. The molecule has 0 heterocycles. The Morgan fingerprint density at radius 1 is 1.29 bits per heavy atom. The number of benzene rings is 1. The van der Waals surface area contributed by atoms with Crippen molar-refractivity contribution in [2.75, 3.05) is 0 Å². The van der Waals surface area contributed by atoms with Crippen molar-refractivity contribution in [2.45, 2.75) is 44.8 Å². The Labute approximate surface area is 124 Å². The molecule has 0 radical (unpaired) electrons. The molecule has 0 spiro atoms. The topological polar surface area (TPSA) is 75.6 Å². The average Bonchev–Trinajstić information content (AvgIpc) is 2.43. The summed E-state index contributed by atoms with van der Waals surface area (Å²) in [6, 6.07) is 8.42. The van der Waals surface area contributed by atoms with Crippen LogP contribution in [0.4, 0.5) is 4.79 Å². The third kappa shape index (κ3) is 5.10. The number of carbonyl (C=O) groups excluding carboxylic acids is 1. The van der Waals surface area contributed by atoms with Crippen LogP contribution >= 0.6 is 0 Å². The summed E-state index contributed by atoms with van der Waals surface area (Å²) >= 11 is 0. The van der Waals surface area contributed by atoms with E-state index in [0.29, 0.717) is 12.3 Å². The van der Waals surface area contributed by atoms with Gasteiger partial charge in [0, 0.05) is 0 Å². The summed E-state index contributed by atoms with van der Waals surface area (Å²) < 4.78 is 5.04. The molecule has 5 heteroatoms. The Kier molecular flexibility index (Phi) is 5.60. The normalized spacial score (nSPS) is 15.8. The van der Waals surface area contributed by atoms with Crippen LogP contribution in [0.5, 0.6) is 0 Å². The molecule has 2 N–H and O–H groups in total. The van der Waals surface area contributed by atoms with Crippen LogP contribution in [0.3, 0.4) is 0 Å². The fourth-order valence-electron chi connectivity index (χ4n) is 2.35. The van der Waals surface area contributed by atoms with Gasteiger partial charge in [0.2, 0.25) is 0 Å². The van der Waals surface area contributed by atoms with Crippen molar-refractivity contribution >= 4 is 12.1 Å². The number of carboxylic acids is 1. The van der Waals surface area contributed by atoms with Crippen LogP contribution in [0.15, 0.2) is 30.3 Å². The molecule has 2 rings (SSSR count).